The highest BCUT2D eigenvalue weighted by Crippen LogP contribution is 2.32. The summed E-state index contributed by atoms with van der Waals surface area (Å²) in [5.74, 6) is 0.0309. The van der Waals surface area contributed by atoms with Gasteiger partial charge < -0.3 is 9.47 Å². The second-order valence-corrected chi connectivity index (χ2v) is 7.69. The van der Waals surface area contributed by atoms with Crippen LogP contribution in [0.5, 0.6) is 5.75 Å². The minimum absolute atomic E-state index is 0.172. The van der Waals surface area contributed by atoms with Gasteiger partial charge in [-0.3, -0.25) is 10.1 Å². The first-order valence-corrected chi connectivity index (χ1v) is 9.79. The molecule has 146 valence electrons. The van der Waals surface area contributed by atoms with Gasteiger partial charge in [0.05, 0.1) is 12.3 Å². The first-order chi connectivity index (χ1) is 12.7. The van der Waals surface area contributed by atoms with Crippen molar-refractivity contribution in [3.63, 3.8) is 0 Å². The monoisotopic (exact) mass is 410 g/mol. The molecule has 1 amide bonds. The van der Waals surface area contributed by atoms with E-state index < -0.39 is 5.97 Å². The lowest BCUT2D eigenvalue weighted by Gasteiger charge is -2.15. The molecule has 0 aliphatic carbocycles. The van der Waals surface area contributed by atoms with E-state index in [0.29, 0.717) is 26.5 Å². The number of hydrogen-bond acceptors (Lipinski definition) is 6. The highest BCUT2D eigenvalue weighted by Gasteiger charge is 2.18. The van der Waals surface area contributed by atoms with Crippen LogP contribution in [0.3, 0.4) is 0 Å². The number of carbonyl (C=O) groups excluding carboxylic acids is 2. The summed E-state index contributed by atoms with van der Waals surface area (Å²) in [6, 6.07) is 3.70. The third kappa shape index (κ3) is 5.43. The standard InChI is InChI=1S/C19H23ClN2O4S/c1-6-25-18(24)17-12(5)21-19(27-17)22-16(23)9-26-15-7-11(4)14(20)8-13(15)10(2)3/h7-8,10H,6,9H2,1-5H3,(H,21,22,23). The lowest BCUT2D eigenvalue weighted by molar-refractivity contribution is -0.118. The Morgan fingerprint density at radius 2 is 2.00 bits per heavy atom. The minimum Gasteiger partial charge on any atom is -0.483 e. The maximum Gasteiger partial charge on any atom is 0.350 e. The fourth-order valence-corrected chi connectivity index (χ4v) is 3.43. The number of anilines is 1. The molecule has 0 saturated carbocycles. The number of aryl methyl sites for hydroxylation is 2. The van der Waals surface area contributed by atoms with Gasteiger partial charge in [0.1, 0.15) is 10.6 Å². The number of nitrogens with one attached hydrogen (secondary N) is 1. The van der Waals surface area contributed by atoms with Crippen LogP contribution < -0.4 is 10.1 Å². The van der Waals surface area contributed by atoms with Gasteiger partial charge in [0.15, 0.2) is 11.7 Å². The number of ether oxygens (including phenoxy) is 2. The Morgan fingerprint density at radius 3 is 2.63 bits per heavy atom. The average Bonchev–Trinajstić information content (AvgIpc) is 2.95. The molecule has 1 aromatic heterocycles. The smallest absolute Gasteiger partial charge is 0.350 e. The number of benzene rings is 1. The predicted molar refractivity (Wildman–Crippen MR) is 107 cm³/mol. The van der Waals surface area contributed by atoms with Crippen molar-refractivity contribution in [1.29, 1.82) is 0 Å². The lowest BCUT2D eigenvalue weighted by atomic mass is 10.0. The molecule has 6 nitrogen and oxygen atoms in total. The van der Waals surface area contributed by atoms with Crippen molar-refractivity contribution in [2.75, 3.05) is 18.5 Å². The third-order valence-corrected chi connectivity index (χ3v) is 5.24. The highest BCUT2D eigenvalue weighted by molar-refractivity contribution is 7.17. The van der Waals surface area contributed by atoms with Crippen molar-refractivity contribution in [1.82, 2.24) is 4.98 Å². The molecule has 0 radical (unpaired) electrons. The lowest BCUT2D eigenvalue weighted by Crippen LogP contribution is -2.20. The number of thiazole rings is 1. The van der Waals surface area contributed by atoms with E-state index in [2.05, 4.69) is 10.3 Å². The molecule has 0 fully saturated rings. The van der Waals surface area contributed by atoms with Gasteiger partial charge in [-0.1, -0.05) is 36.8 Å². The molecule has 27 heavy (non-hydrogen) atoms. The Bertz CT molecular complexity index is 848. The number of aromatic nitrogens is 1. The molecule has 0 aliphatic heterocycles. The summed E-state index contributed by atoms with van der Waals surface area (Å²) in [5.41, 5.74) is 2.34. The van der Waals surface area contributed by atoms with Gasteiger partial charge in [0, 0.05) is 5.02 Å². The van der Waals surface area contributed by atoms with Gasteiger partial charge in [-0.15, -0.1) is 0 Å². The normalized spacial score (nSPS) is 10.8. The summed E-state index contributed by atoms with van der Waals surface area (Å²) < 4.78 is 10.7. The van der Waals surface area contributed by atoms with Gasteiger partial charge >= 0.3 is 5.97 Å². The molecular weight excluding hydrogens is 388 g/mol. The second-order valence-electron chi connectivity index (χ2n) is 6.28. The minimum atomic E-state index is -0.442. The average molecular weight is 411 g/mol. The Kier molecular flexibility index (Phi) is 7.21. The zero-order valence-electron chi connectivity index (χ0n) is 16.0. The Balaban J connectivity index is 2.04. The molecule has 1 aromatic carbocycles. The Hall–Kier alpha value is -2.12. The van der Waals surface area contributed by atoms with Crippen LogP contribution in [0.1, 0.15) is 53.2 Å². The third-order valence-electron chi connectivity index (χ3n) is 3.78. The summed E-state index contributed by atoms with van der Waals surface area (Å²) in [5, 5.41) is 3.66. The number of amides is 1. The molecule has 1 heterocycles. The van der Waals surface area contributed by atoms with Crippen molar-refractivity contribution in [2.24, 2.45) is 0 Å². The van der Waals surface area contributed by atoms with Crippen molar-refractivity contribution < 1.29 is 19.1 Å². The topological polar surface area (TPSA) is 77.5 Å². The van der Waals surface area contributed by atoms with E-state index in [4.69, 9.17) is 21.1 Å². The molecule has 0 unspecified atom stereocenters. The number of rotatable bonds is 7. The van der Waals surface area contributed by atoms with Gasteiger partial charge in [0.2, 0.25) is 0 Å². The summed E-state index contributed by atoms with van der Waals surface area (Å²) in [6.45, 7) is 9.48. The van der Waals surface area contributed by atoms with Crippen molar-refractivity contribution in [3.05, 3.63) is 38.9 Å². The maximum absolute atomic E-state index is 12.2. The molecular formula is C19H23ClN2O4S. The van der Waals surface area contributed by atoms with E-state index in [-0.39, 0.29) is 25.0 Å². The van der Waals surface area contributed by atoms with E-state index >= 15 is 0 Å². The highest BCUT2D eigenvalue weighted by atomic mass is 35.5. The van der Waals surface area contributed by atoms with Gasteiger partial charge in [-0.2, -0.15) is 0 Å². The molecule has 1 N–H and O–H groups in total. The number of nitrogens with zero attached hydrogens (tertiary/aromatic N) is 1. The van der Waals surface area contributed by atoms with E-state index in [0.717, 1.165) is 22.5 Å². The fraction of sp³-hybridized carbons (Fsp3) is 0.421. The summed E-state index contributed by atoms with van der Waals surface area (Å²) in [4.78, 5) is 28.6. The molecule has 2 aromatic rings. The van der Waals surface area contributed by atoms with Crippen molar-refractivity contribution >= 4 is 39.9 Å². The first kappa shape index (κ1) is 21.2. The van der Waals surface area contributed by atoms with Crippen LogP contribution in [-0.4, -0.2) is 30.1 Å². The summed E-state index contributed by atoms with van der Waals surface area (Å²) in [6.07, 6.45) is 0. The SMILES string of the molecule is CCOC(=O)c1sc(NC(=O)COc2cc(C)c(Cl)cc2C(C)C)nc1C. The van der Waals surface area contributed by atoms with Gasteiger partial charge in [-0.05, 0) is 49.9 Å². The largest absolute Gasteiger partial charge is 0.483 e. The summed E-state index contributed by atoms with van der Waals surface area (Å²) in [7, 11) is 0. The van der Waals surface area contributed by atoms with Crippen LogP contribution in [0.15, 0.2) is 12.1 Å². The van der Waals surface area contributed by atoms with E-state index in [9.17, 15) is 9.59 Å². The predicted octanol–water partition coefficient (Wildman–Crippen LogP) is 4.73. The molecule has 2 rings (SSSR count). The number of esters is 1. The zero-order valence-corrected chi connectivity index (χ0v) is 17.6. The number of halogens is 1. The molecule has 0 saturated heterocycles. The number of carbonyl (C=O) groups is 2. The summed E-state index contributed by atoms with van der Waals surface area (Å²) >= 11 is 7.26. The molecule has 8 heteroatoms. The quantitative estimate of drug-likeness (QED) is 0.667. The van der Waals surface area contributed by atoms with E-state index in [1.807, 2.05) is 32.9 Å². The Morgan fingerprint density at radius 1 is 1.30 bits per heavy atom. The van der Waals surface area contributed by atoms with Crippen molar-refractivity contribution in [2.45, 2.75) is 40.5 Å². The first-order valence-electron chi connectivity index (χ1n) is 8.60. The van der Waals surface area contributed by atoms with E-state index in [1.165, 1.54) is 0 Å². The number of hydrogen-bond donors (Lipinski definition) is 1. The van der Waals surface area contributed by atoms with Crippen LogP contribution >= 0.6 is 22.9 Å². The van der Waals surface area contributed by atoms with E-state index in [1.54, 1.807) is 13.8 Å². The molecule has 0 atom stereocenters. The van der Waals surface area contributed by atoms with Crippen LogP contribution in [0.25, 0.3) is 0 Å². The molecule has 0 spiro atoms. The van der Waals surface area contributed by atoms with Crippen LogP contribution in [0.2, 0.25) is 5.02 Å². The van der Waals surface area contributed by atoms with Gasteiger partial charge in [-0.25, -0.2) is 9.78 Å². The van der Waals surface area contributed by atoms with Crippen molar-refractivity contribution in [3.8, 4) is 5.75 Å². The molecule has 0 bridgehead atoms. The zero-order chi connectivity index (χ0) is 20.1. The fourth-order valence-electron chi connectivity index (χ4n) is 2.38. The Labute approximate surface area is 167 Å². The van der Waals surface area contributed by atoms with Crippen LogP contribution in [-0.2, 0) is 9.53 Å². The second kappa shape index (κ2) is 9.19. The maximum atomic E-state index is 12.2. The van der Waals surface area contributed by atoms with Crippen LogP contribution in [0, 0.1) is 13.8 Å². The van der Waals surface area contributed by atoms with Crippen LogP contribution in [0.4, 0.5) is 5.13 Å². The van der Waals surface area contributed by atoms with Gasteiger partial charge in [0.25, 0.3) is 5.91 Å². The molecule has 0 aliphatic rings.